The summed E-state index contributed by atoms with van der Waals surface area (Å²) in [5, 5.41) is 0. The molecule has 3 rings (SSSR count). The molecular formula is C23H29FN2O2. The standard InChI is InChI=1S/C23H29FN2O2/c1-25(15-20-7-9-22(24)10-8-20)23(27)18-26(16-19-5-3-2-4-6-19)17-21-11-13-28-14-12-21/h2-10,21H,11-18H2,1H3. The summed E-state index contributed by atoms with van der Waals surface area (Å²) >= 11 is 0. The molecule has 1 amide bonds. The van der Waals surface area contributed by atoms with Crippen molar-refractivity contribution in [2.24, 2.45) is 5.92 Å². The summed E-state index contributed by atoms with van der Waals surface area (Å²) in [6.45, 7) is 4.13. The molecule has 0 atom stereocenters. The van der Waals surface area contributed by atoms with Crippen LogP contribution in [0.3, 0.4) is 0 Å². The Labute approximate surface area is 166 Å². The molecule has 1 fully saturated rings. The van der Waals surface area contributed by atoms with Gasteiger partial charge in [0.15, 0.2) is 0 Å². The van der Waals surface area contributed by atoms with Gasteiger partial charge in [0.2, 0.25) is 5.91 Å². The highest BCUT2D eigenvalue weighted by molar-refractivity contribution is 5.78. The van der Waals surface area contributed by atoms with Crippen LogP contribution in [0.25, 0.3) is 0 Å². The van der Waals surface area contributed by atoms with Gasteiger partial charge < -0.3 is 9.64 Å². The van der Waals surface area contributed by atoms with Crippen LogP contribution in [0.1, 0.15) is 24.0 Å². The Morgan fingerprint density at radius 3 is 2.32 bits per heavy atom. The fourth-order valence-electron chi connectivity index (χ4n) is 3.58. The number of benzene rings is 2. The van der Waals surface area contributed by atoms with Crippen LogP contribution in [0.5, 0.6) is 0 Å². The summed E-state index contributed by atoms with van der Waals surface area (Å²) in [4.78, 5) is 16.8. The molecule has 1 aliphatic rings. The molecule has 150 valence electrons. The minimum Gasteiger partial charge on any atom is -0.381 e. The van der Waals surface area contributed by atoms with Gasteiger partial charge in [-0.2, -0.15) is 0 Å². The molecule has 0 aliphatic carbocycles. The van der Waals surface area contributed by atoms with E-state index in [1.165, 1.54) is 17.7 Å². The van der Waals surface area contributed by atoms with E-state index < -0.39 is 0 Å². The molecule has 28 heavy (non-hydrogen) atoms. The van der Waals surface area contributed by atoms with Crippen molar-refractivity contribution in [3.05, 3.63) is 71.5 Å². The fourth-order valence-corrected chi connectivity index (χ4v) is 3.58. The van der Waals surface area contributed by atoms with Crippen LogP contribution in [-0.2, 0) is 22.6 Å². The number of hydrogen-bond acceptors (Lipinski definition) is 3. The number of nitrogens with zero attached hydrogens (tertiary/aromatic N) is 2. The Morgan fingerprint density at radius 1 is 1.00 bits per heavy atom. The molecule has 0 bridgehead atoms. The van der Waals surface area contributed by atoms with Crippen LogP contribution in [0.15, 0.2) is 54.6 Å². The maximum Gasteiger partial charge on any atom is 0.236 e. The summed E-state index contributed by atoms with van der Waals surface area (Å²) in [6.07, 6.45) is 2.09. The Morgan fingerprint density at radius 2 is 1.64 bits per heavy atom. The maximum absolute atomic E-state index is 13.1. The first kappa shape index (κ1) is 20.5. The lowest BCUT2D eigenvalue weighted by Gasteiger charge is -2.30. The Bertz CT molecular complexity index is 730. The summed E-state index contributed by atoms with van der Waals surface area (Å²) in [7, 11) is 1.81. The number of halogens is 1. The second-order valence-corrected chi connectivity index (χ2v) is 7.59. The summed E-state index contributed by atoms with van der Waals surface area (Å²) < 4.78 is 18.6. The minimum absolute atomic E-state index is 0.0762. The van der Waals surface area contributed by atoms with Crippen molar-refractivity contribution >= 4 is 5.91 Å². The minimum atomic E-state index is -0.261. The average molecular weight is 384 g/mol. The molecule has 2 aromatic carbocycles. The van der Waals surface area contributed by atoms with Crippen molar-refractivity contribution < 1.29 is 13.9 Å². The van der Waals surface area contributed by atoms with E-state index in [2.05, 4.69) is 17.0 Å². The zero-order valence-electron chi connectivity index (χ0n) is 16.5. The van der Waals surface area contributed by atoms with E-state index in [-0.39, 0.29) is 11.7 Å². The molecule has 0 N–H and O–H groups in total. The van der Waals surface area contributed by atoms with Gasteiger partial charge in [0.1, 0.15) is 5.82 Å². The van der Waals surface area contributed by atoms with Crippen LogP contribution < -0.4 is 0 Å². The molecule has 0 radical (unpaired) electrons. The van der Waals surface area contributed by atoms with E-state index in [9.17, 15) is 9.18 Å². The van der Waals surface area contributed by atoms with Gasteiger partial charge >= 0.3 is 0 Å². The maximum atomic E-state index is 13.1. The van der Waals surface area contributed by atoms with Crippen molar-refractivity contribution in [2.75, 3.05) is 33.4 Å². The van der Waals surface area contributed by atoms with Gasteiger partial charge in [-0.05, 0) is 42.0 Å². The summed E-state index contributed by atoms with van der Waals surface area (Å²) in [5.41, 5.74) is 2.14. The predicted octanol–water partition coefficient (Wildman–Crippen LogP) is 3.71. The third kappa shape index (κ3) is 6.43. The van der Waals surface area contributed by atoms with Gasteiger partial charge in [0.05, 0.1) is 6.54 Å². The second kappa shape index (κ2) is 10.3. The van der Waals surface area contributed by atoms with Gasteiger partial charge in [-0.1, -0.05) is 42.5 Å². The molecule has 0 spiro atoms. The molecular weight excluding hydrogens is 355 g/mol. The van der Waals surface area contributed by atoms with Crippen LogP contribution in [0, 0.1) is 11.7 Å². The van der Waals surface area contributed by atoms with Crippen molar-refractivity contribution in [3.8, 4) is 0 Å². The van der Waals surface area contributed by atoms with Crippen molar-refractivity contribution in [2.45, 2.75) is 25.9 Å². The van der Waals surface area contributed by atoms with E-state index in [0.717, 1.165) is 44.7 Å². The third-order valence-corrected chi connectivity index (χ3v) is 5.22. The largest absolute Gasteiger partial charge is 0.381 e. The zero-order valence-corrected chi connectivity index (χ0v) is 16.5. The Hall–Kier alpha value is -2.24. The van der Waals surface area contributed by atoms with E-state index in [1.807, 2.05) is 18.2 Å². The van der Waals surface area contributed by atoms with Crippen molar-refractivity contribution in [1.29, 1.82) is 0 Å². The van der Waals surface area contributed by atoms with E-state index in [1.54, 1.807) is 24.1 Å². The second-order valence-electron chi connectivity index (χ2n) is 7.59. The predicted molar refractivity (Wildman–Crippen MR) is 108 cm³/mol. The molecule has 0 aromatic heterocycles. The monoisotopic (exact) mass is 384 g/mol. The first-order chi connectivity index (χ1) is 13.6. The summed E-state index contributed by atoms with van der Waals surface area (Å²) in [6, 6.07) is 16.6. The fraction of sp³-hybridized carbons (Fsp3) is 0.435. The molecule has 0 unspecified atom stereocenters. The Balaban J connectivity index is 1.61. The summed E-state index contributed by atoms with van der Waals surface area (Å²) in [5.74, 6) is 0.378. The molecule has 1 heterocycles. The van der Waals surface area contributed by atoms with Gasteiger partial charge in [-0.15, -0.1) is 0 Å². The lowest BCUT2D eigenvalue weighted by molar-refractivity contribution is -0.132. The lowest BCUT2D eigenvalue weighted by atomic mass is 9.99. The van der Waals surface area contributed by atoms with E-state index >= 15 is 0 Å². The van der Waals surface area contributed by atoms with E-state index in [0.29, 0.717) is 19.0 Å². The first-order valence-electron chi connectivity index (χ1n) is 9.92. The van der Waals surface area contributed by atoms with Crippen molar-refractivity contribution in [1.82, 2.24) is 9.80 Å². The topological polar surface area (TPSA) is 32.8 Å². The third-order valence-electron chi connectivity index (χ3n) is 5.22. The first-order valence-corrected chi connectivity index (χ1v) is 9.92. The molecule has 0 saturated carbocycles. The zero-order chi connectivity index (χ0) is 19.8. The van der Waals surface area contributed by atoms with Crippen LogP contribution in [-0.4, -0.2) is 49.1 Å². The number of ether oxygens (including phenoxy) is 1. The molecule has 2 aromatic rings. The van der Waals surface area contributed by atoms with Crippen LogP contribution in [0.2, 0.25) is 0 Å². The molecule has 5 heteroatoms. The van der Waals surface area contributed by atoms with E-state index in [4.69, 9.17) is 4.74 Å². The normalized spacial score (nSPS) is 15.0. The van der Waals surface area contributed by atoms with Crippen LogP contribution in [0.4, 0.5) is 4.39 Å². The highest BCUT2D eigenvalue weighted by Gasteiger charge is 2.21. The number of amides is 1. The number of rotatable bonds is 8. The van der Waals surface area contributed by atoms with Crippen molar-refractivity contribution in [3.63, 3.8) is 0 Å². The number of likely N-dealkylation sites (N-methyl/N-ethyl adjacent to an activating group) is 1. The smallest absolute Gasteiger partial charge is 0.236 e. The Kier molecular flexibility index (Phi) is 7.57. The molecule has 1 aliphatic heterocycles. The highest BCUT2D eigenvalue weighted by atomic mass is 19.1. The number of carbonyl (C=O) groups is 1. The quantitative estimate of drug-likeness (QED) is 0.696. The van der Waals surface area contributed by atoms with Gasteiger partial charge in [0, 0.05) is 39.9 Å². The van der Waals surface area contributed by atoms with Gasteiger partial charge in [-0.25, -0.2) is 4.39 Å². The van der Waals surface area contributed by atoms with Gasteiger partial charge in [0.25, 0.3) is 0 Å². The number of hydrogen-bond donors (Lipinski definition) is 0. The highest BCUT2D eigenvalue weighted by Crippen LogP contribution is 2.18. The average Bonchev–Trinajstić information content (AvgIpc) is 2.71. The van der Waals surface area contributed by atoms with Crippen LogP contribution >= 0.6 is 0 Å². The van der Waals surface area contributed by atoms with Gasteiger partial charge in [-0.3, -0.25) is 9.69 Å². The number of carbonyl (C=O) groups excluding carboxylic acids is 1. The molecule has 1 saturated heterocycles. The molecule has 4 nitrogen and oxygen atoms in total. The lowest BCUT2D eigenvalue weighted by Crippen LogP contribution is -2.40. The SMILES string of the molecule is CN(Cc1ccc(F)cc1)C(=O)CN(Cc1ccccc1)CC1CCOCC1.